The molecule has 1 atom stereocenters. The molecule has 0 spiro atoms. The van der Waals surface area contributed by atoms with Gasteiger partial charge in [-0.15, -0.1) is 0 Å². The first kappa shape index (κ1) is 12.7. The SMILES string of the molecule is CC(c1ccc2c(c1)OCO2)N1CCc2c[nH]nc2CC1. The predicted molar refractivity (Wildman–Crippen MR) is 78.5 cm³/mol. The topological polar surface area (TPSA) is 50.4 Å². The zero-order chi connectivity index (χ0) is 14.2. The molecule has 0 saturated heterocycles. The lowest BCUT2D eigenvalue weighted by atomic mass is 10.1. The molecule has 110 valence electrons. The summed E-state index contributed by atoms with van der Waals surface area (Å²) in [5.41, 5.74) is 3.85. The molecule has 5 heteroatoms. The molecule has 5 nitrogen and oxygen atoms in total. The van der Waals surface area contributed by atoms with Gasteiger partial charge in [-0.1, -0.05) is 6.07 Å². The van der Waals surface area contributed by atoms with Crippen molar-refractivity contribution in [3.05, 3.63) is 41.2 Å². The summed E-state index contributed by atoms with van der Waals surface area (Å²) in [6.07, 6.45) is 4.10. The van der Waals surface area contributed by atoms with E-state index in [1.807, 2.05) is 12.3 Å². The minimum Gasteiger partial charge on any atom is -0.454 e. The Morgan fingerprint density at radius 2 is 2.05 bits per heavy atom. The highest BCUT2D eigenvalue weighted by Gasteiger charge is 2.22. The minimum atomic E-state index is 0.331. The lowest BCUT2D eigenvalue weighted by Gasteiger charge is -2.28. The van der Waals surface area contributed by atoms with Gasteiger partial charge in [0.2, 0.25) is 6.79 Å². The first-order chi connectivity index (χ1) is 10.3. The Bertz CT molecular complexity index is 630. The molecule has 21 heavy (non-hydrogen) atoms. The molecule has 1 aromatic heterocycles. The number of H-pyrrole nitrogens is 1. The summed E-state index contributed by atoms with van der Waals surface area (Å²) in [4.78, 5) is 2.51. The van der Waals surface area contributed by atoms with Gasteiger partial charge in [-0.3, -0.25) is 10.00 Å². The van der Waals surface area contributed by atoms with Crippen LogP contribution < -0.4 is 9.47 Å². The number of hydrogen-bond acceptors (Lipinski definition) is 4. The average Bonchev–Trinajstić information content (AvgIpc) is 3.11. The van der Waals surface area contributed by atoms with E-state index >= 15 is 0 Å². The quantitative estimate of drug-likeness (QED) is 0.920. The number of aromatic amines is 1. The van der Waals surface area contributed by atoms with Gasteiger partial charge in [0, 0.05) is 31.7 Å². The maximum absolute atomic E-state index is 5.48. The minimum absolute atomic E-state index is 0.331. The van der Waals surface area contributed by atoms with Crippen LogP contribution >= 0.6 is 0 Å². The molecular weight excluding hydrogens is 266 g/mol. The molecule has 0 amide bonds. The third kappa shape index (κ3) is 2.27. The lowest BCUT2D eigenvalue weighted by molar-refractivity contribution is 0.173. The zero-order valence-electron chi connectivity index (χ0n) is 12.1. The number of ether oxygens (including phenoxy) is 2. The Hall–Kier alpha value is -2.01. The maximum atomic E-state index is 5.48. The van der Waals surface area contributed by atoms with Gasteiger partial charge in [0.15, 0.2) is 11.5 Å². The van der Waals surface area contributed by atoms with E-state index < -0.39 is 0 Å². The fraction of sp³-hybridized carbons (Fsp3) is 0.438. The fourth-order valence-corrected chi connectivity index (χ4v) is 3.17. The van der Waals surface area contributed by atoms with Crippen LogP contribution in [0.5, 0.6) is 11.5 Å². The summed E-state index contributed by atoms with van der Waals surface area (Å²) >= 11 is 0. The van der Waals surface area contributed by atoms with Crippen molar-refractivity contribution in [2.45, 2.75) is 25.8 Å². The zero-order valence-corrected chi connectivity index (χ0v) is 12.1. The van der Waals surface area contributed by atoms with Crippen molar-refractivity contribution < 1.29 is 9.47 Å². The smallest absolute Gasteiger partial charge is 0.231 e. The normalized spacial score (nSPS) is 19.1. The molecule has 0 bridgehead atoms. The molecule has 2 aliphatic heterocycles. The Morgan fingerprint density at radius 1 is 1.19 bits per heavy atom. The summed E-state index contributed by atoms with van der Waals surface area (Å²) < 4.78 is 10.9. The second kappa shape index (κ2) is 5.07. The van der Waals surface area contributed by atoms with Crippen molar-refractivity contribution in [1.82, 2.24) is 15.1 Å². The predicted octanol–water partition coefficient (Wildman–Crippen LogP) is 2.30. The highest BCUT2D eigenvalue weighted by atomic mass is 16.7. The number of benzene rings is 1. The highest BCUT2D eigenvalue weighted by molar-refractivity contribution is 5.45. The van der Waals surface area contributed by atoms with E-state index in [4.69, 9.17) is 9.47 Å². The number of nitrogens with zero attached hydrogens (tertiary/aromatic N) is 2. The Morgan fingerprint density at radius 3 is 3.00 bits per heavy atom. The molecular formula is C16H19N3O2. The van der Waals surface area contributed by atoms with Crippen LogP contribution in [0.1, 0.15) is 29.8 Å². The van der Waals surface area contributed by atoms with E-state index in [9.17, 15) is 0 Å². The molecule has 2 aliphatic rings. The molecule has 1 aromatic carbocycles. The molecule has 0 saturated carbocycles. The van der Waals surface area contributed by atoms with Gasteiger partial charge in [0.05, 0.1) is 5.69 Å². The van der Waals surface area contributed by atoms with Crippen molar-refractivity contribution in [1.29, 1.82) is 0 Å². The second-order valence-corrected chi connectivity index (χ2v) is 5.68. The molecule has 1 N–H and O–H groups in total. The van der Waals surface area contributed by atoms with Crippen molar-refractivity contribution in [3.8, 4) is 11.5 Å². The van der Waals surface area contributed by atoms with Crippen molar-refractivity contribution in [2.24, 2.45) is 0 Å². The van der Waals surface area contributed by atoms with Crippen molar-refractivity contribution >= 4 is 0 Å². The van der Waals surface area contributed by atoms with Crippen LogP contribution in [0.4, 0.5) is 0 Å². The van der Waals surface area contributed by atoms with E-state index in [-0.39, 0.29) is 0 Å². The maximum Gasteiger partial charge on any atom is 0.231 e. The molecule has 3 heterocycles. The molecule has 4 rings (SSSR count). The van der Waals surface area contributed by atoms with Crippen LogP contribution in [0.15, 0.2) is 24.4 Å². The van der Waals surface area contributed by atoms with E-state index in [0.717, 1.165) is 37.4 Å². The van der Waals surface area contributed by atoms with Crippen LogP contribution in [0.25, 0.3) is 0 Å². The Kier molecular flexibility index (Phi) is 3.07. The standard InChI is InChI=1S/C16H19N3O2/c1-11(12-2-3-15-16(8-12)21-10-20-15)19-6-4-13-9-17-18-14(13)5-7-19/h2-3,8-9,11H,4-7,10H2,1H3,(H,17,18). The van der Waals surface area contributed by atoms with Gasteiger partial charge >= 0.3 is 0 Å². The number of hydrogen-bond donors (Lipinski definition) is 1. The van der Waals surface area contributed by atoms with Crippen LogP contribution in [0.2, 0.25) is 0 Å². The van der Waals surface area contributed by atoms with Gasteiger partial charge < -0.3 is 9.47 Å². The first-order valence-electron chi connectivity index (χ1n) is 7.46. The lowest BCUT2D eigenvalue weighted by Crippen LogP contribution is -2.29. The summed E-state index contributed by atoms with van der Waals surface area (Å²) in [6, 6.07) is 6.63. The van der Waals surface area contributed by atoms with Crippen molar-refractivity contribution in [2.75, 3.05) is 19.9 Å². The van der Waals surface area contributed by atoms with Gasteiger partial charge in [-0.2, -0.15) is 5.10 Å². The van der Waals surface area contributed by atoms with Gasteiger partial charge in [-0.25, -0.2) is 0 Å². The van der Waals surface area contributed by atoms with Crippen LogP contribution in [0.3, 0.4) is 0 Å². The van der Waals surface area contributed by atoms with E-state index in [2.05, 4.69) is 34.2 Å². The van der Waals surface area contributed by atoms with Gasteiger partial charge in [0.25, 0.3) is 0 Å². The third-order valence-corrected chi connectivity index (χ3v) is 4.54. The van der Waals surface area contributed by atoms with Crippen LogP contribution in [-0.2, 0) is 12.8 Å². The number of aromatic nitrogens is 2. The Labute approximate surface area is 123 Å². The summed E-state index contributed by atoms with van der Waals surface area (Å²) in [5.74, 6) is 1.71. The van der Waals surface area contributed by atoms with Crippen LogP contribution in [0, 0.1) is 0 Å². The third-order valence-electron chi connectivity index (χ3n) is 4.54. The van der Waals surface area contributed by atoms with E-state index in [0.29, 0.717) is 12.8 Å². The van der Waals surface area contributed by atoms with E-state index in [1.165, 1.54) is 16.8 Å². The van der Waals surface area contributed by atoms with Gasteiger partial charge in [-0.05, 0) is 36.6 Å². The summed E-state index contributed by atoms with van der Waals surface area (Å²) in [6.45, 7) is 4.68. The number of fused-ring (bicyclic) bond motifs is 2. The monoisotopic (exact) mass is 285 g/mol. The van der Waals surface area contributed by atoms with Crippen LogP contribution in [-0.4, -0.2) is 35.0 Å². The molecule has 0 aliphatic carbocycles. The average molecular weight is 285 g/mol. The second-order valence-electron chi connectivity index (χ2n) is 5.68. The van der Waals surface area contributed by atoms with Gasteiger partial charge in [0.1, 0.15) is 0 Å². The molecule has 0 radical (unpaired) electrons. The number of rotatable bonds is 2. The molecule has 0 fully saturated rings. The first-order valence-corrected chi connectivity index (χ1v) is 7.46. The molecule has 1 unspecified atom stereocenters. The van der Waals surface area contributed by atoms with Crippen molar-refractivity contribution in [3.63, 3.8) is 0 Å². The molecule has 2 aromatic rings. The largest absolute Gasteiger partial charge is 0.454 e. The number of nitrogens with one attached hydrogen (secondary N) is 1. The summed E-state index contributed by atoms with van der Waals surface area (Å²) in [5, 5.41) is 7.32. The van der Waals surface area contributed by atoms with E-state index in [1.54, 1.807) is 0 Å². The highest BCUT2D eigenvalue weighted by Crippen LogP contribution is 2.35. The Balaban J connectivity index is 1.52. The fourth-order valence-electron chi connectivity index (χ4n) is 3.17. The summed E-state index contributed by atoms with van der Waals surface area (Å²) in [7, 11) is 0.